The molecule has 0 aromatic rings. The Labute approximate surface area is 111 Å². The molecule has 1 saturated carbocycles. The van der Waals surface area contributed by atoms with Gasteiger partial charge < -0.3 is 16.0 Å². The van der Waals surface area contributed by atoms with Gasteiger partial charge in [-0.3, -0.25) is 4.79 Å². The Morgan fingerprint density at radius 3 is 2.39 bits per heavy atom. The Bertz CT molecular complexity index is 281. The summed E-state index contributed by atoms with van der Waals surface area (Å²) in [5.41, 5.74) is 5.45. The summed E-state index contributed by atoms with van der Waals surface area (Å²) in [5, 5.41) is 3.07. The summed E-state index contributed by atoms with van der Waals surface area (Å²) >= 11 is 0. The third-order valence-corrected chi connectivity index (χ3v) is 4.35. The molecule has 1 atom stereocenters. The fourth-order valence-corrected chi connectivity index (χ4v) is 2.89. The standard InChI is InChI=1S/C14H29N3O/c1-5-8-13(2,15)12(18)16-11-14(17(3)4)9-6-7-10-14/h5-11,15H2,1-4H3,(H,16,18). The molecule has 1 fully saturated rings. The van der Waals surface area contributed by atoms with Crippen LogP contribution >= 0.6 is 0 Å². The first-order valence-corrected chi connectivity index (χ1v) is 7.09. The average Bonchev–Trinajstić information content (AvgIpc) is 2.75. The van der Waals surface area contributed by atoms with Gasteiger partial charge in [0.15, 0.2) is 0 Å². The smallest absolute Gasteiger partial charge is 0.239 e. The van der Waals surface area contributed by atoms with Crippen LogP contribution in [0.15, 0.2) is 0 Å². The lowest BCUT2D eigenvalue weighted by molar-refractivity contribution is -0.126. The van der Waals surface area contributed by atoms with Gasteiger partial charge in [0, 0.05) is 12.1 Å². The van der Waals surface area contributed by atoms with Crippen LogP contribution in [0.3, 0.4) is 0 Å². The number of nitrogens with two attached hydrogens (primary N) is 1. The predicted octanol–water partition coefficient (Wildman–Crippen LogP) is 1.49. The molecule has 1 amide bonds. The topological polar surface area (TPSA) is 58.4 Å². The van der Waals surface area contributed by atoms with E-state index in [4.69, 9.17) is 5.73 Å². The molecule has 0 aromatic carbocycles. The van der Waals surface area contributed by atoms with E-state index in [0.717, 1.165) is 32.2 Å². The number of likely N-dealkylation sites (N-methyl/N-ethyl adjacent to an activating group) is 1. The second-order valence-electron chi connectivity index (χ2n) is 6.18. The number of nitrogens with zero attached hydrogens (tertiary/aromatic N) is 1. The van der Waals surface area contributed by atoms with Crippen molar-refractivity contribution in [3.63, 3.8) is 0 Å². The molecule has 0 bridgehead atoms. The number of rotatable bonds is 6. The summed E-state index contributed by atoms with van der Waals surface area (Å²) in [5.74, 6) is -0.0162. The highest BCUT2D eigenvalue weighted by Crippen LogP contribution is 2.33. The molecule has 18 heavy (non-hydrogen) atoms. The average molecular weight is 255 g/mol. The summed E-state index contributed by atoms with van der Waals surface area (Å²) < 4.78 is 0. The number of carbonyl (C=O) groups excluding carboxylic acids is 1. The third kappa shape index (κ3) is 3.45. The van der Waals surface area contributed by atoms with E-state index in [9.17, 15) is 4.79 Å². The van der Waals surface area contributed by atoms with Crippen molar-refractivity contribution in [2.45, 2.75) is 63.5 Å². The van der Waals surface area contributed by atoms with Crippen LogP contribution in [0.2, 0.25) is 0 Å². The molecule has 4 nitrogen and oxygen atoms in total. The van der Waals surface area contributed by atoms with Crippen LogP contribution in [-0.4, -0.2) is 42.5 Å². The Morgan fingerprint density at radius 2 is 1.94 bits per heavy atom. The van der Waals surface area contributed by atoms with E-state index in [-0.39, 0.29) is 11.4 Å². The van der Waals surface area contributed by atoms with Gasteiger partial charge in [0.05, 0.1) is 5.54 Å². The van der Waals surface area contributed by atoms with E-state index in [1.165, 1.54) is 12.8 Å². The van der Waals surface area contributed by atoms with Crippen molar-refractivity contribution in [3.8, 4) is 0 Å². The minimum absolute atomic E-state index is 0.0162. The Kier molecular flexibility index (Phi) is 5.17. The molecule has 3 N–H and O–H groups in total. The summed E-state index contributed by atoms with van der Waals surface area (Å²) in [4.78, 5) is 14.4. The van der Waals surface area contributed by atoms with E-state index in [2.05, 4.69) is 31.2 Å². The molecule has 1 unspecified atom stereocenters. The molecule has 106 valence electrons. The van der Waals surface area contributed by atoms with Crippen LogP contribution in [0, 0.1) is 0 Å². The van der Waals surface area contributed by atoms with E-state index in [0.29, 0.717) is 0 Å². The van der Waals surface area contributed by atoms with E-state index in [1.807, 2.05) is 6.92 Å². The summed E-state index contributed by atoms with van der Waals surface area (Å²) in [6, 6.07) is 0. The van der Waals surface area contributed by atoms with Crippen LogP contribution in [0.25, 0.3) is 0 Å². The molecule has 1 aliphatic carbocycles. The predicted molar refractivity (Wildman–Crippen MR) is 75.4 cm³/mol. The normalized spacial score (nSPS) is 21.9. The largest absolute Gasteiger partial charge is 0.353 e. The zero-order valence-corrected chi connectivity index (χ0v) is 12.4. The Balaban J connectivity index is 2.55. The minimum atomic E-state index is -0.735. The first-order valence-electron chi connectivity index (χ1n) is 7.09. The lowest BCUT2D eigenvalue weighted by atomic mass is 9.93. The molecule has 0 heterocycles. The number of carbonyl (C=O) groups is 1. The fourth-order valence-electron chi connectivity index (χ4n) is 2.89. The molecule has 1 rings (SSSR count). The van der Waals surface area contributed by atoms with Crippen LogP contribution in [0.5, 0.6) is 0 Å². The molecule has 0 saturated heterocycles. The number of hydrogen-bond donors (Lipinski definition) is 2. The SMILES string of the molecule is CCCC(C)(N)C(=O)NCC1(N(C)C)CCCC1. The van der Waals surface area contributed by atoms with Crippen LogP contribution in [-0.2, 0) is 4.79 Å². The highest BCUT2D eigenvalue weighted by molar-refractivity contribution is 5.85. The molecule has 0 aromatic heterocycles. The van der Waals surface area contributed by atoms with Gasteiger partial charge >= 0.3 is 0 Å². The van der Waals surface area contributed by atoms with Gasteiger partial charge in [-0.05, 0) is 40.3 Å². The van der Waals surface area contributed by atoms with Crippen molar-refractivity contribution >= 4 is 5.91 Å². The van der Waals surface area contributed by atoms with Gasteiger partial charge in [0.2, 0.25) is 5.91 Å². The second kappa shape index (κ2) is 6.02. The van der Waals surface area contributed by atoms with Crippen LogP contribution < -0.4 is 11.1 Å². The Hall–Kier alpha value is -0.610. The van der Waals surface area contributed by atoms with Crippen molar-refractivity contribution in [1.82, 2.24) is 10.2 Å². The zero-order chi connectivity index (χ0) is 13.8. The quantitative estimate of drug-likeness (QED) is 0.756. The molecular formula is C14H29N3O. The molecule has 4 heteroatoms. The van der Waals surface area contributed by atoms with Crippen molar-refractivity contribution in [2.24, 2.45) is 5.73 Å². The van der Waals surface area contributed by atoms with Gasteiger partial charge in [-0.1, -0.05) is 26.2 Å². The van der Waals surface area contributed by atoms with Gasteiger partial charge in [0.25, 0.3) is 0 Å². The van der Waals surface area contributed by atoms with Crippen molar-refractivity contribution in [1.29, 1.82) is 0 Å². The first-order chi connectivity index (χ1) is 8.34. The summed E-state index contributed by atoms with van der Waals surface area (Å²) in [7, 11) is 4.20. The maximum atomic E-state index is 12.1. The van der Waals surface area contributed by atoms with Crippen LogP contribution in [0.4, 0.5) is 0 Å². The summed E-state index contributed by atoms with van der Waals surface area (Å²) in [6.45, 7) is 4.59. The molecule has 1 aliphatic rings. The van der Waals surface area contributed by atoms with Gasteiger partial charge in [-0.25, -0.2) is 0 Å². The summed E-state index contributed by atoms with van der Waals surface area (Å²) in [6.07, 6.45) is 6.49. The fraction of sp³-hybridized carbons (Fsp3) is 0.929. The maximum absolute atomic E-state index is 12.1. The second-order valence-corrected chi connectivity index (χ2v) is 6.18. The monoisotopic (exact) mass is 255 g/mol. The zero-order valence-electron chi connectivity index (χ0n) is 12.4. The number of nitrogens with one attached hydrogen (secondary N) is 1. The maximum Gasteiger partial charge on any atom is 0.239 e. The Morgan fingerprint density at radius 1 is 1.39 bits per heavy atom. The lowest BCUT2D eigenvalue weighted by Crippen LogP contribution is -2.57. The molecular weight excluding hydrogens is 226 g/mol. The lowest BCUT2D eigenvalue weighted by Gasteiger charge is -2.37. The number of hydrogen-bond acceptors (Lipinski definition) is 3. The van der Waals surface area contributed by atoms with Gasteiger partial charge in [0.1, 0.15) is 0 Å². The third-order valence-electron chi connectivity index (χ3n) is 4.35. The minimum Gasteiger partial charge on any atom is -0.353 e. The van der Waals surface area contributed by atoms with Crippen molar-refractivity contribution in [2.75, 3.05) is 20.6 Å². The molecule has 0 aliphatic heterocycles. The molecule has 0 radical (unpaired) electrons. The van der Waals surface area contributed by atoms with E-state index in [1.54, 1.807) is 0 Å². The van der Waals surface area contributed by atoms with Gasteiger partial charge in [-0.2, -0.15) is 0 Å². The first kappa shape index (κ1) is 15.4. The highest BCUT2D eigenvalue weighted by Gasteiger charge is 2.37. The van der Waals surface area contributed by atoms with E-state index < -0.39 is 5.54 Å². The van der Waals surface area contributed by atoms with Crippen molar-refractivity contribution < 1.29 is 4.79 Å². The highest BCUT2D eigenvalue weighted by atomic mass is 16.2. The number of amides is 1. The van der Waals surface area contributed by atoms with Gasteiger partial charge in [-0.15, -0.1) is 0 Å². The van der Waals surface area contributed by atoms with Crippen LogP contribution in [0.1, 0.15) is 52.4 Å². The van der Waals surface area contributed by atoms with E-state index >= 15 is 0 Å². The molecule has 0 spiro atoms. The van der Waals surface area contributed by atoms with Crippen molar-refractivity contribution in [3.05, 3.63) is 0 Å².